The van der Waals surface area contributed by atoms with Crippen LogP contribution in [0, 0.1) is 0 Å². The second-order valence-electron chi connectivity index (χ2n) is 8.80. The number of carbonyl (C=O) groups excluding carboxylic acids is 4. The Morgan fingerprint density at radius 3 is 0.905 bits per heavy atom. The maximum Gasteiger partial charge on any atom is 0.185 e. The highest BCUT2D eigenvalue weighted by atomic mass is 16.4. The monoisotopic (exact) mass is 562 g/mol. The molecule has 10 heteroatoms. The molecular formula is C32H18O10. The van der Waals surface area contributed by atoms with Crippen LogP contribution in [0.15, 0.2) is 99.3 Å². The Balaban J connectivity index is 1.33. The van der Waals surface area contributed by atoms with E-state index in [1.807, 2.05) is 0 Å². The summed E-state index contributed by atoms with van der Waals surface area (Å²) in [6, 6.07) is 19.3. The minimum Gasteiger partial charge on any atom is -0.453 e. The lowest BCUT2D eigenvalue weighted by molar-refractivity contribution is 0.109. The molecule has 6 aromatic heterocycles. The summed E-state index contributed by atoms with van der Waals surface area (Å²) in [7, 11) is 0. The maximum atomic E-state index is 11.2. The molecule has 10 nitrogen and oxygen atoms in total. The van der Waals surface area contributed by atoms with Crippen LogP contribution in [-0.2, 0) is 0 Å². The Kier molecular flexibility index (Phi) is 6.92. The third-order valence-corrected chi connectivity index (χ3v) is 6.10. The lowest BCUT2D eigenvalue weighted by atomic mass is 10.1. The van der Waals surface area contributed by atoms with E-state index in [-0.39, 0.29) is 23.0 Å². The van der Waals surface area contributed by atoms with Gasteiger partial charge in [0.25, 0.3) is 0 Å². The maximum absolute atomic E-state index is 11.2. The van der Waals surface area contributed by atoms with E-state index in [0.29, 0.717) is 82.4 Å². The molecule has 0 aliphatic carbocycles. The third kappa shape index (κ3) is 5.19. The van der Waals surface area contributed by atoms with E-state index in [4.69, 9.17) is 26.5 Å². The molecule has 0 unspecified atom stereocenters. The molecule has 6 heterocycles. The van der Waals surface area contributed by atoms with Crippen molar-refractivity contribution in [2.75, 3.05) is 0 Å². The zero-order chi connectivity index (χ0) is 29.1. The number of hydrogen-bond donors (Lipinski definition) is 0. The third-order valence-electron chi connectivity index (χ3n) is 6.10. The number of carbonyl (C=O) groups is 4. The average Bonchev–Trinajstić information content (AvgIpc) is 3.85. The molecule has 0 radical (unpaired) electrons. The van der Waals surface area contributed by atoms with Crippen molar-refractivity contribution in [2.45, 2.75) is 0 Å². The van der Waals surface area contributed by atoms with Gasteiger partial charge in [-0.3, -0.25) is 19.2 Å². The molecule has 0 aliphatic heterocycles. The molecule has 6 rings (SSSR count). The van der Waals surface area contributed by atoms with Crippen molar-refractivity contribution in [2.24, 2.45) is 0 Å². The van der Waals surface area contributed by atoms with Crippen LogP contribution in [0.3, 0.4) is 0 Å². The SMILES string of the molecule is O=Cc1ccc(C(=Cc2ccc(-c3ccc(C=C(c4ccc(C=O)o4)c4ccc(C=O)o4)o3)o2)c2ccc(C=O)o2)o1. The molecule has 0 atom stereocenters. The largest absolute Gasteiger partial charge is 0.453 e. The van der Waals surface area contributed by atoms with Gasteiger partial charge in [-0.15, -0.1) is 0 Å². The van der Waals surface area contributed by atoms with Gasteiger partial charge in [0.1, 0.15) is 34.6 Å². The molecule has 42 heavy (non-hydrogen) atoms. The first kappa shape index (κ1) is 26.1. The Labute approximate surface area is 236 Å². The Hall–Kier alpha value is -6.16. The summed E-state index contributed by atoms with van der Waals surface area (Å²) in [5, 5.41) is 0. The van der Waals surface area contributed by atoms with Crippen LogP contribution in [0.5, 0.6) is 0 Å². The highest BCUT2D eigenvalue weighted by molar-refractivity contribution is 5.90. The fraction of sp³-hybridized carbons (Fsp3) is 0. The summed E-state index contributed by atoms with van der Waals surface area (Å²) in [5.74, 6) is 3.51. The number of hydrogen-bond acceptors (Lipinski definition) is 10. The van der Waals surface area contributed by atoms with Crippen molar-refractivity contribution in [3.63, 3.8) is 0 Å². The van der Waals surface area contributed by atoms with Crippen molar-refractivity contribution in [3.05, 3.63) is 130 Å². The molecule has 0 amide bonds. The Bertz CT molecular complexity index is 1730. The highest BCUT2D eigenvalue weighted by Crippen LogP contribution is 2.33. The molecule has 0 fully saturated rings. The summed E-state index contributed by atoms with van der Waals surface area (Å²) in [6.45, 7) is 0. The van der Waals surface area contributed by atoms with E-state index in [1.54, 1.807) is 60.7 Å². The predicted molar refractivity (Wildman–Crippen MR) is 147 cm³/mol. The lowest BCUT2D eigenvalue weighted by Crippen LogP contribution is -1.84. The number of aldehydes is 4. The molecule has 0 saturated carbocycles. The fourth-order valence-electron chi connectivity index (χ4n) is 4.18. The average molecular weight is 562 g/mol. The van der Waals surface area contributed by atoms with Gasteiger partial charge in [0, 0.05) is 0 Å². The van der Waals surface area contributed by atoms with Gasteiger partial charge in [-0.1, -0.05) is 0 Å². The van der Waals surface area contributed by atoms with Crippen molar-refractivity contribution in [3.8, 4) is 11.5 Å². The molecular weight excluding hydrogens is 544 g/mol. The fourth-order valence-corrected chi connectivity index (χ4v) is 4.18. The molecule has 206 valence electrons. The zero-order valence-electron chi connectivity index (χ0n) is 21.5. The Morgan fingerprint density at radius 1 is 0.357 bits per heavy atom. The van der Waals surface area contributed by atoms with Crippen molar-refractivity contribution in [1.82, 2.24) is 0 Å². The van der Waals surface area contributed by atoms with E-state index in [0.717, 1.165) is 0 Å². The van der Waals surface area contributed by atoms with Gasteiger partial charge in [0.05, 0.1) is 11.1 Å². The standard InChI is InChI=1S/C32H18O10/c33-15-21-3-7-27(39-21)25(28-8-4-22(16-34)40-28)13-19-1-11-31(37-19)32-12-2-20(38-32)14-26(29-9-5-23(17-35)41-29)30-10-6-24(18-36)42-30/h1-18H. The zero-order valence-corrected chi connectivity index (χ0v) is 21.5. The molecule has 6 aromatic rings. The highest BCUT2D eigenvalue weighted by Gasteiger charge is 2.18. The molecule has 0 bridgehead atoms. The van der Waals surface area contributed by atoms with Crippen molar-refractivity contribution < 1.29 is 45.7 Å². The van der Waals surface area contributed by atoms with Gasteiger partial charge in [-0.05, 0) is 84.9 Å². The first-order chi connectivity index (χ1) is 20.6. The van der Waals surface area contributed by atoms with Crippen LogP contribution in [0.4, 0.5) is 0 Å². The van der Waals surface area contributed by atoms with Gasteiger partial charge in [-0.25, -0.2) is 0 Å². The molecule has 0 saturated heterocycles. The van der Waals surface area contributed by atoms with E-state index in [1.165, 1.54) is 24.3 Å². The minimum absolute atomic E-state index is 0.127. The van der Waals surface area contributed by atoms with Crippen LogP contribution in [-0.4, -0.2) is 25.1 Å². The summed E-state index contributed by atoms with van der Waals surface area (Å²) in [4.78, 5) is 44.6. The molecule has 0 aliphatic rings. The van der Waals surface area contributed by atoms with Gasteiger partial charge >= 0.3 is 0 Å². The molecule has 0 N–H and O–H groups in total. The van der Waals surface area contributed by atoms with Gasteiger partial charge in [0.15, 0.2) is 59.7 Å². The summed E-state index contributed by atoms with van der Waals surface area (Å²) >= 11 is 0. The normalized spacial score (nSPS) is 10.8. The van der Waals surface area contributed by atoms with Crippen molar-refractivity contribution >= 4 is 48.4 Å². The molecule has 0 aromatic carbocycles. The predicted octanol–water partition coefficient (Wildman–Crippen LogP) is 7.34. The van der Waals surface area contributed by atoms with E-state index in [2.05, 4.69) is 0 Å². The van der Waals surface area contributed by atoms with Crippen molar-refractivity contribution in [1.29, 1.82) is 0 Å². The first-order valence-electron chi connectivity index (χ1n) is 12.4. The van der Waals surface area contributed by atoms with Gasteiger partial charge in [-0.2, -0.15) is 0 Å². The second-order valence-corrected chi connectivity index (χ2v) is 8.80. The van der Waals surface area contributed by atoms with Crippen LogP contribution in [0.25, 0.3) is 34.8 Å². The summed E-state index contributed by atoms with van der Waals surface area (Å²) < 4.78 is 34.3. The van der Waals surface area contributed by atoms with Crippen LogP contribution >= 0.6 is 0 Å². The van der Waals surface area contributed by atoms with Crippen LogP contribution in [0.2, 0.25) is 0 Å². The summed E-state index contributed by atoms with van der Waals surface area (Å²) in [5.41, 5.74) is 0.900. The number of rotatable bonds is 11. The first-order valence-corrected chi connectivity index (χ1v) is 12.4. The second kappa shape index (κ2) is 11.1. The topological polar surface area (TPSA) is 147 Å². The summed E-state index contributed by atoms with van der Waals surface area (Å²) in [6.07, 6.45) is 5.63. The number of furan rings is 6. The van der Waals surface area contributed by atoms with Crippen LogP contribution < -0.4 is 0 Å². The van der Waals surface area contributed by atoms with Gasteiger partial charge < -0.3 is 26.5 Å². The van der Waals surface area contributed by atoms with E-state index < -0.39 is 0 Å². The minimum atomic E-state index is 0.127. The quantitative estimate of drug-likeness (QED) is 0.147. The van der Waals surface area contributed by atoms with E-state index in [9.17, 15) is 19.2 Å². The van der Waals surface area contributed by atoms with E-state index >= 15 is 0 Å². The Morgan fingerprint density at radius 2 is 0.643 bits per heavy atom. The molecule has 0 spiro atoms. The van der Waals surface area contributed by atoms with Crippen LogP contribution in [0.1, 0.15) is 76.8 Å². The lowest BCUT2D eigenvalue weighted by Gasteiger charge is -2.01. The smallest absolute Gasteiger partial charge is 0.185 e. The van der Waals surface area contributed by atoms with Gasteiger partial charge in [0.2, 0.25) is 0 Å².